The van der Waals surface area contributed by atoms with Gasteiger partial charge in [-0.05, 0) is 68.0 Å². The van der Waals surface area contributed by atoms with E-state index in [9.17, 15) is 4.79 Å². The van der Waals surface area contributed by atoms with Gasteiger partial charge in [0.15, 0.2) is 0 Å². The Morgan fingerprint density at radius 2 is 1.55 bits per heavy atom. The van der Waals surface area contributed by atoms with Crippen molar-refractivity contribution in [2.45, 2.75) is 46.8 Å². The van der Waals surface area contributed by atoms with Crippen LogP contribution >= 0.6 is 0 Å². The van der Waals surface area contributed by atoms with Gasteiger partial charge in [-0.1, -0.05) is 6.58 Å². The zero-order valence-corrected chi connectivity index (χ0v) is 13.1. The number of fused-ring (bicyclic) bond motifs is 1. The molecule has 2 atom stereocenters. The third kappa shape index (κ3) is 1.97. The standard InChI is InChI=1S/C17H22O3/c1-8-9(2)11(4)15-14(10(8)3)13(6)20-16(15)12(5)17(18)19-7/h13,16H,5H2,1-4,6-7H3. The molecule has 0 saturated carbocycles. The van der Waals surface area contributed by atoms with Gasteiger partial charge in [0, 0.05) is 0 Å². The molecule has 0 N–H and O–H groups in total. The SMILES string of the molecule is C=C(C(=O)OC)C1OC(C)c2c(C)c(C)c(C)c(C)c21. The third-order valence-electron chi connectivity index (χ3n) is 4.56. The normalized spacial score (nSPS) is 20.7. The van der Waals surface area contributed by atoms with Crippen LogP contribution < -0.4 is 0 Å². The van der Waals surface area contributed by atoms with Crippen LogP contribution in [0.25, 0.3) is 0 Å². The highest BCUT2D eigenvalue weighted by Gasteiger charge is 2.37. The lowest BCUT2D eigenvalue weighted by molar-refractivity contribution is -0.137. The van der Waals surface area contributed by atoms with E-state index < -0.39 is 12.1 Å². The molecule has 1 aromatic rings. The summed E-state index contributed by atoms with van der Waals surface area (Å²) in [4.78, 5) is 11.8. The fraction of sp³-hybridized carbons (Fsp3) is 0.471. The Morgan fingerprint density at radius 3 is 2.05 bits per heavy atom. The number of methoxy groups -OCH3 is 1. The molecule has 3 nitrogen and oxygen atoms in total. The summed E-state index contributed by atoms with van der Waals surface area (Å²) >= 11 is 0. The van der Waals surface area contributed by atoms with Crippen LogP contribution in [0.2, 0.25) is 0 Å². The lowest BCUT2D eigenvalue weighted by Gasteiger charge is -2.19. The Morgan fingerprint density at radius 1 is 1.05 bits per heavy atom. The van der Waals surface area contributed by atoms with Crippen molar-refractivity contribution in [1.29, 1.82) is 0 Å². The molecule has 108 valence electrons. The van der Waals surface area contributed by atoms with Crippen molar-refractivity contribution in [2.24, 2.45) is 0 Å². The van der Waals surface area contributed by atoms with Crippen LogP contribution in [0.3, 0.4) is 0 Å². The second-order valence-electron chi connectivity index (χ2n) is 5.50. The second-order valence-corrected chi connectivity index (χ2v) is 5.50. The van der Waals surface area contributed by atoms with Gasteiger partial charge in [-0.15, -0.1) is 0 Å². The molecule has 1 heterocycles. The molecule has 3 heteroatoms. The van der Waals surface area contributed by atoms with E-state index in [1.807, 2.05) is 6.92 Å². The molecule has 1 aromatic carbocycles. The number of esters is 1. The molecule has 0 radical (unpaired) electrons. The van der Waals surface area contributed by atoms with Crippen molar-refractivity contribution < 1.29 is 14.3 Å². The number of rotatable bonds is 2. The summed E-state index contributed by atoms with van der Waals surface area (Å²) in [5.41, 5.74) is 7.62. The van der Waals surface area contributed by atoms with Crippen molar-refractivity contribution in [3.05, 3.63) is 45.5 Å². The smallest absolute Gasteiger partial charge is 0.336 e. The van der Waals surface area contributed by atoms with Gasteiger partial charge >= 0.3 is 5.97 Å². The van der Waals surface area contributed by atoms with Crippen LogP contribution in [-0.2, 0) is 14.3 Å². The molecule has 2 rings (SSSR count). The highest BCUT2D eigenvalue weighted by atomic mass is 16.5. The van der Waals surface area contributed by atoms with Crippen LogP contribution in [-0.4, -0.2) is 13.1 Å². The number of benzene rings is 1. The van der Waals surface area contributed by atoms with Crippen LogP contribution in [0.5, 0.6) is 0 Å². The summed E-state index contributed by atoms with van der Waals surface area (Å²) in [6.07, 6.45) is -0.431. The third-order valence-corrected chi connectivity index (χ3v) is 4.56. The molecule has 0 spiro atoms. The van der Waals surface area contributed by atoms with Gasteiger partial charge in [-0.25, -0.2) is 4.79 Å². The van der Waals surface area contributed by atoms with E-state index in [1.165, 1.54) is 34.9 Å². The van der Waals surface area contributed by atoms with Crippen LogP contribution in [0, 0.1) is 27.7 Å². The first-order valence-electron chi connectivity index (χ1n) is 6.83. The lowest BCUT2D eigenvalue weighted by atomic mass is 9.85. The minimum absolute atomic E-state index is 0.0330. The van der Waals surface area contributed by atoms with Crippen LogP contribution in [0.15, 0.2) is 12.2 Å². The molecule has 1 aliphatic rings. The number of carbonyl (C=O) groups excluding carboxylic acids is 1. The van der Waals surface area contributed by atoms with Crippen molar-refractivity contribution in [1.82, 2.24) is 0 Å². The van der Waals surface area contributed by atoms with Crippen LogP contribution in [0.4, 0.5) is 0 Å². The minimum atomic E-state index is -0.412. The van der Waals surface area contributed by atoms with Crippen molar-refractivity contribution in [2.75, 3.05) is 7.11 Å². The van der Waals surface area contributed by atoms with Gasteiger partial charge in [0.1, 0.15) is 6.10 Å². The Balaban J connectivity index is 2.64. The monoisotopic (exact) mass is 274 g/mol. The van der Waals surface area contributed by atoms with E-state index in [1.54, 1.807) is 0 Å². The molecule has 2 unspecified atom stereocenters. The molecule has 0 saturated heterocycles. The molecule has 1 aliphatic heterocycles. The second kappa shape index (κ2) is 5.06. The maximum absolute atomic E-state index is 11.8. The first-order chi connectivity index (χ1) is 9.31. The van der Waals surface area contributed by atoms with Gasteiger partial charge < -0.3 is 9.47 Å². The fourth-order valence-corrected chi connectivity index (χ4v) is 3.07. The highest BCUT2D eigenvalue weighted by molar-refractivity contribution is 5.89. The zero-order valence-electron chi connectivity index (χ0n) is 13.1. The Kier molecular flexibility index (Phi) is 3.74. The summed E-state index contributed by atoms with van der Waals surface area (Å²) in [5, 5.41) is 0. The first kappa shape index (κ1) is 14.8. The van der Waals surface area contributed by atoms with E-state index in [4.69, 9.17) is 9.47 Å². The Hall–Kier alpha value is -1.61. The van der Waals surface area contributed by atoms with E-state index in [-0.39, 0.29) is 6.10 Å². The van der Waals surface area contributed by atoms with Gasteiger partial charge in [-0.3, -0.25) is 0 Å². The average Bonchev–Trinajstić information content (AvgIpc) is 2.78. The summed E-state index contributed by atoms with van der Waals surface area (Å²) in [6.45, 7) is 14.3. The number of ether oxygens (including phenoxy) is 2. The number of hydrogen-bond acceptors (Lipinski definition) is 3. The maximum Gasteiger partial charge on any atom is 0.336 e. The fourth-order valence-electron chi connectivity index (χ4n) is 3.07. The number of hydrogen-bond donors (Lipinski definition) is 0. The van der Waals surface area contributed by atoms with E-state index in [2.05, 4.69) is 34.3 Å². The minimum Gasteiger partial charge on any atom is -0.466 e. The molecule has 0 fully saturated rings. The summed E-state index contributed by atoms with van der Waals surface area (Å²) < 4.78 is 10.8. The van der Waals surface area contributed by atoms with Gasteiger partial charge in [-0.2, -0.15) is 0 Å². The largest absolute Gasteiger partial charge is 0.466 e. The summed E-state index contributed by atoms with van der Waals surface area (Å²) in [6, 6.07) is 0. The van der Waals surface area contributed by atoms with Crippen molar-refractivity contribution >= 4 is 5.97 Å². The molecular weight excluding hydrogens is 252 g/mol. The summed E-state index contributed by atoms with van der Waals surface area (Å²) in [7, 11) is 1.37. The van der Waals surface area contributed by atoms with Crippen LogP contribution in [0.1, 0.15) is 52.5 Å². The molecule has 0 aromatic heterocycles. The molecule has 20 heavy (non-hydrogen) atoms. The topological polar surface area (TPSA) is 35.5 Å². The van der Waals surface area contributed by atoms with E-state index >= 15 is 0 Å². The van der Waals surface area contributed by atoms with Gasteiger partial charge in [0.05, 0.1) is 18.8 Å². The first-order valence-corrected chi connectivity index (χ1v) is 6.83. The zero-order chi connectivity index (χ0) is 15.2. The summed E-state index contributed by atoms with van der Waals surface area (Å²) in [5.74, 6) is -0.412. The molecule has 0 amide bonds. The van der Waals surface area contributed by atoms with Crippen molar-refractivity contribution in [3.8, 4) is 0 Å². The molecule has 0 bridgehead atoms. The lowest BCUT2D eigenvalue weighted by Crippen LogP contribution is -2.13. The highest BCUT2D eigenvalue weighted by Crippen LogP contribution is 2.47. The molecular formula is C17H22O3. The van der Waals surface area contributed by atoms with E-state index in [0.29, 0.717) is 5.57 Å². The predicted octanol–water partition coefficient (Wildman–Crippen LogP) is 3.78. The van der Waals surface area contributed by atoms with Crippen molar-refractivity contribution in [3.63, 3.8) is 0 Å². The quantitative estimate of drug-likeness (QED) is 0.608. The average molecular weight is 274 g/mol. The molecule has 0 aliphatic carbocycles. The Bertz CT molecular complexity index is 599. The van der Waals surface area contributed by atoms with Gasteiger partial charge in [0.2, 0.25) is 0 Å². The maximum atomic E-state index is 11.8. The number of carbonyl (C=O) groups is 1. The van der Waals surface area contributed by atoms with Gasteiger partial charge in [0.25, 0.3) is 0 Å². The Labute approximate surface area is 120 Å². The van der Waals surface area contributed by atoms with E-state index in [0.717, 1.165) is 5.56 Å². The predicted molar refractivity (Wildman–Crippen MR) is 78.8 cm³/mol.